The van der Waals surface area contributed by atoms with E-state index in [2.05, 4.69) is 33.6 Å². The highest BCUT2D eigenvalue weighted by atomic mass is 15.1. The SMILES string of the molecule is CCc1cccnc1C(N)Cc1nc2ccccc2n1C. The Morgan fingerprint density at radius 1 is 1.19 bits per heavy atom. The number of fused-ring (bicyclic) bond motifs is 1. The summed E-state index contributed by atoms with van der Waals surface area (Å²) in [6.45, 7) is 2.13. The van der Waals surface area contributed by atoms with Crippen molar-refractivity contribution < 1.29 is 0 Å². The van der Waals surface area contributed by atoms with Crippen molar-refractivity contribution >= 4 is 11.0 Å². The van der Waals surface area contributed by atoms with Gasteiger partial charge in [-0.3, -0.25) is 4.98 Å². The van der Waals surface area contributed by atoms with Gasteiger partial charge in [-0.15, -0.1) is 0 Å². The summed E-state index contributed by atoms with van der Waals surface area (Å²) in [6, 6.07) is 12.1. The second-order valence-corrected chi connectivity index (χ2v) is 5.29. The van der Waals surface area contributed by atoms with Crippen molar-refractivity contribution in [2.75, 3.05) is 0 Å². The molecule has 21 heavy (non-hydrogen) atoms. The molecule has 0 aliphatic heterocycles. The monoisotopic (exact) mass is 280 g/mol. The van der Waals surface area contributed by atoms with E-state index in [1.165, 1.54) is 5.56 Å². The third kappa shape index (κ3) is 2.54. The second-order valence-electron chi connectivity index (χ2n) is 5.29. The summed E-state index contributed by atoms with van der Waals surface area (Å²) < 4.78 is 2.11. The molecule has 0 aliphatic rings. The summed E-state index contributed by atoms with van der Waals surface area (Å²) in [5.41, 5.74) is 10.7. The quantitative estimate of drug-likeness (QED) is 0.799. The first-order valence-electron chi connectivity index (χ1n) is 7.30. The molecule has 0 spiro atoms. The number of rotatable bonds is 4. The van der Waals surface area contributed by atoms with Crippen LogP contribution in [0.3, 0.4) is 0 Å². The first-order chi connectivity index (χ1) is 10.2. The fourth-order valence-electron chi connectivity index (χ4n) is 2.76. The van der Waals surface area contributed by atoms with Crippen molar-refractivity contribution in [3.8, 4) is 0 Å². The zero-order chi connectivity index (χ0) is 14.8. The molecule has 0 amide bonds. The highest BCUT2D eigenvalue weighted by molar-refractivity contribution is 5.75. The first kappa shape index (κ1) is 13.8. The van der Waals surface area contributed by atoms with E-state index in [-0.39, 0.29) is 6.04 Å². The molecule has 3 aromatic rings. The van der Waals surface area contributed by atoms with Gasteiger partial charge in [-0.1, -0.05) is 25.1 Å². The van der Waals surface area contributed by atoms with Crippen LogP contribution in [-0.2, 0) is 19.9 Å². The number of aryl methyl sites for hydroxylation is 2. The summed E-state index contributed by atoms with van der Waals surface area (Å²) >= 11 is 0. The van der Waals surface area contributed by atoms with Crippen LogP contribution in [0.25, 0.3) is 11.0 Å². The van der Waals surface area contributed by atoms with E-state index < -0.39 is 0 Å². The lowest BCUT2D eigenvalue weighted by molar-refractivity contribution is 0.641. The Morgan fingerprint density at radius 3 is 2.76 bits per heavy atom. The highest BCUT2D eigenvalue weighted by Gasteiger charge is 2.16. The Hall–Kier alpha value is -2.20. The van der Waals surface area contributed by atoms with Gasteiger partial charge in [0, 0.05) is 19.7 Å². The standard InChI is InChI=1S/C17H20N4/c1-3-12-7-6-10-19-17(12)13(18)11-16-20-14-8-4-5-9-15(14)21(16)2/h4-10,13H,3,11,18H2,1-2H3. The lowest BCUT2D eigenvalue weighted by Gasteiger charge is -2.14. The van der Waals surface area contributed by atoms with Crippen molar-refractivity contribution in [1.82, 2.24) is 14.5 Å². The largest absolute Gasteiger partial charge is 0.331 e. The number of pyridine rings is 1. The van der Waals surface area contributed by atoms with Gasteiger partial charge in [-0.25, -0.2) is 4.98 Å². The third-order valence-electron chi connectivity index (χ3n) is 3.94. The maximum Gasteiger partial charge on any atom is 0.111 e. The molecule has 2 aromatic heterocycles. The molecule has 4 nitrogen and oxygen atoms in total. The molecule has 4 heteroatoms. The third-order valence-corrected chi connectivity index (χ3v) is 3.94. The van der Waals surface area contributed by atoms with Crippen LogP contribution in [0.1, 0.15) is 30.0 Å². The zero-order valence-electron chi connectivity index (χ0n) is 12.5. The molecule has 0 bridgehead atoms. The van der Waals surface area contributed by atoms with Gasteiger partial charge in [-0.2, -0.15) is 0 Å². The van der Waals surface area contributed by atoms with Crippen molar-refractivity contribution in [1.29, 1.82) is 0 Å². The van der Waals surface area contributed by atoms with E-state index >= 15 is 0 Å². The van der Waals surface area contributed by atoms with E-state index in [0.29, 0.717) is 6.42 Å². The van der Waals surface area contributed by atoms with E-state index in [9.17, 15) is 0 Å². The maximum atomic E-state index is 6.38. The van der Waals surface area contributed by atoms with Gasteiger partial charge in [0.2, 0.25) is 0 Å². The van der Waals surface area contributed by atoms with Gasteiger partial charge in [-0.05, 0) is 30.2 Å². The number of hydrogen-bond acceptors (Lipinski definition) is 3. The Bertz CT molecular complexity index is 760. The highest BCUT2D eigenvalue weighted by Crippen LogP contribution is 2.21. The molecule has 1 aromatic carbocycles. The number of nitrogens with two attached hydrogens (primary N) is 1. The van der Waals surface area contributed by atoms with E-state index in [0.717, 1.165) is 29.0 Å². The average molecular weight is 280 g/mol. The molecule has 3 rings (SSSR count). The molecule has 0 radical (unpaired) electrons. The molecule has 0 aliphatic carbocycles. The fourth-order valence-corrected chi connectivity index (χ4v) is 2.76. The van der Waals surface area contributed by atoms with Gasteiger partial charge in [0.05, 0.1) is 22.8 Å². The summed E-state index contributed by atoms with van der Waals surface area (Å²) in [4.78, 5) is 9.16. The number of para-hydroxylation sites is 2. The summed E-state index contributed by atoms with van der Waals surface area (Å²) in [7, 11) is 2.04. The van der Waals surface area contributed by atoms with Crippen molar-refractivity contribution in [3.05, 3.63) is 59.7 Å². The van der Waals surface area contributed by atoms with Crippen LogP contribution in [0.5, 0.6) is 0 Å². The smallest absolute Gasteiger partial charge is 0.111 e. The van der Waals surface area contributed by atoms with Crippen LogP contribution in [0.15, 0.2) is 42.6 Å². The molecule has 2 N–H and O–H groups in total. The van der Waals surface area contributed by atoms with Gasteiger partial charge in [0.1, 0.15) is 5.82 Å². The number of benzene rings is 1. The number of hydrogen-bond donors (Lipinski definition) is 1. The zero-order valence-corrected chi connectivity index (χ0v) is 12.5. The second kappa shape index (κ2) is 5.66. The molecule has 0 fully saturated rings. The lowest BCUT2D eigenvalue weighted by atomic mass is 10.0. The normalized spacial score (nSPS) is 12.7. The van der Waals surface area contributed by atoms with Crippen molar-refractivity contribution in [2.45, 2.75) is 25.8 Å². The average Bonchev–Trinajstić information content (AvgIpc) is 2.84. The van der Waals surface area contributed by atoms with Crippen LogP contribution in [0.4, 0.5) is 0 Å². The Morgan fingerprint density at radius 2 is 2.00 bits per heavy atom. The van der Waals surface area contributed by atoms with Gasteiger partial charge in [0.15, 0.2) is 0 Å². The Balaban J connectivity index is 1.93. The summed E-state index contributed by atoms with van der Waals surface area (Å²) in [6.07, 6.45) is 3.44. The van der Waals surface area contributed by atoms with E-state index in [4.69, 9.17) is 5.73 Å². The molecule has 1 atom stereocenters. The predicted molar refractivity (Wildman–Crippen MR) is 85.0 cm³/mol. The van der Waals surface area contributed by atoms with Crippen molar-refractivity contribution in [3.63, 3.8) is 0 Å². The molecule has 108 valence electrons. The summed E-state index contributed by atoms with van der Waals surface area (Å²) in [5.74, 6) is 0.997. The maximum absolute atomic E-state index is 6.38. The molecule has 0 saturated heterocycles. The topological polar surface area (TPSA) is 56.7 Å². The molecule has 1 unspecified atom stereocenters. The van der Waals surface area contributed by atoms with Crippen molar-refractivity contribution in [2.24, 2.45) is 12.8 Å². The number of nitrogens with zero attached hydrogens (tertiary/aromatic N) is 3. The minimum atomic E-state index is -0.128. The van der Waals surface area contributed by atoms with Gasteiger partial charge < -0.3 is 10.3 Å². The van der Waals surface area contributed by atoms with Gasteiger partial charge in [0.25, 0.3) is 0 Å². The molecular weight excluding hydrogens is 260 g/mol. The number of imidazole rings is 1. The molecular formula is C17H20N4. The van der Waals surface area contributed by atoms with Gasteiger partial charge >= 0.3 is 0 Å². The number of aromatic nitrogens is 3. The molecule has 0 saturated carbocycles. The summed E-state index contributed by atoms with van der Waals surface area (Å²) in [5, 5.41) is 0. The predicted octanol–water partition coefficient (Wildman–Crippen LogP) is 2.77. The minimum Gasteiger partial charge on any atom is -0.331 e. The van der Waals surface area contributed by atoms with Crippen LogP contribution >= 0.6 is 0 Å². The molecule has 2 heterocycles. The van der Waals surface area contributed by atoms with Crippen LogP contribution < -0.4 is 5.73 Å². The Labute approximate surface area is 124 Å². The van der Waals surface area contributed by atoms with Crippen LogP contribution in [-0.4, -0.2) is 14.5 Å². The van der Waals surface area contributed by atoms with E-state index in [1.54, 1.807) is 0 Å². The van der Waals surface area contributed by atoms with E-state index in [1.807, 2.05) is 37.5 Å². The van der Waals surface area contributed by atoms with Crippen LogP contribution in [0.2, 0.25) is 0 Å². The Kier molecular flexibility index (Phi) is 3.71. The fraction of sp³-hybridized carbons (Fsp3) is 0.294. The minimum absolute atomic E-state index is 0.128. The first-order valence-corrected chi connectivity index (χ1v) is 7.30. The van der Waals surface area contributed by atoms with Crippen LogP contribution in [0, 0.1) is 0 Å². The lowest BCUT2D eigenvalue weighted by Crippen LogP contribution is -2.18.